The SMILES string of the molecule is O=[N+]([O-])c1c(F)c(F)c(NC23CN4CN(CN(C4)C2)C3)c(F)c1F. The van der Waals surface area contributed by atoms with E-state index in [1.165, 1.54) is 0 Å². The van der Waals surface area contributed by atoms with Crippen LogP contribution in [0.3, 0.4) is 0 Å². The zero-order valence-electron chi connectivity index (χ0n) is 12.4. The highest BCUT2D eigenvalue weighted by Crippen LogP contribution is 2.37. The van der Waals surface area contributed by atoms with Gasteiger partial charge in [0.05, 0.1) is 30.5 Å². The first-order valence-electron chi connectivity index (χ1n) is 7.25. The largest absolute Gasteiger partial charge is 0.371 e. The Kier molecular flexibility index (Phi) is 3.24. The van der Waals surface area contributed by atoms with Gasteiger partial charge in [0.1, 0.15) is 5.69 Å². The lowest BCUT2D eigenvalue weighted by Crippen LogP contribution is -2.78. The van der Waals surface area contributed by atoms with E-state index in [2.05, 4.69) is 5.32 Å². The standard InChI is InChI=1S/C13H13F4N5O2/c14-7-9(16)12(22(23)24)10(17)8(15)11(7)18-13-1-19-4-20(2-13)6-21(3-13)5-19/h18H,1-6H2. The van der Waals surface area contributed by atoms with Crippen molar-refractivity contribution in [1.82, 2.24) is 14.7 Å². The molecule has 7 nitrogen and oxygen atoms in total. The van der Waals surface area contributed by atoms with Gasteiger partial charge in [-0.2, -0.15) is 8.78 Å². The summed E-state index contributed by atoms with van der Waals surface area (Å²) in [6.07, 6.45) is 0. The Bertz CT molecular complexity index is 679. The molecular weight excluding hydrogens is 334 g/mol. The van der Waals surface area contributed by atoms with Crippen LogP contribution in [-0.2, 0) is 0 Å². The molecular formula is C13H13F4N5O2. The van der Waals surface area contributed by atoms with Crippen LogP contribution in [-0.4, -0.2) is 64.8 Å². The van der Waals surface area contributed by atoms with Crippen LogP contribution < -0.4 is 5.32 Å². The number of nitro benzene ring substituents is 1. The maximum absolute atomic E-state index is 14.2. The third-order valence-electron chi connectivity index (χ3n) is 4.59. The molecule has 4 heterocycles. The number of nitro groups is 1. The molecule has 0 unspecified atom stereocenters. The highest BCUT2D eigenvalue weighted by atomic mass is 19.2. The summed E-state index contributed by atoms with van der Waals surface area (Å²) >= 11 is 0. The fourth-order valence-electron chi connectivity index (χ4n) is 3.99. The second-order valence-corrected chi connectivity index (χ2v) is 6.55. The predicted octanol–water partition coefficient (Wildman–Crippen LogP) is 1.12. The highest BCUT2D eigenvalue weighted by molar-refractivity contribution is 5.55. The number of halogens is 4. The molecule has 24 heavy (non-hydrogen) atoms. The van der Waals surface area contributed by atoms with Gasteiger partial charge < -0.3 is 5.32 Å². The van der Waals surface area contributed by atoms with Gasteiger partial charge in [0.15, 0.2) is 11.6 Å². The molecule has 4 saturated heterocycles. The van der Waals surface area contributed by atoms with Crippen LogP contribution in [0.15, 0.2) is 0 Å². The minimum Gasteiger partial charge on any atom is -0.371 e. The topological polar surface area (TPSA) is 64.9 Å². The van der Waals surface area contributed by atoms with E-state index >= 15 is 0 Å². The van der Waals surface area contributed by atoms with E-state index in [1.807, 2.05) is 14.7 Å². The summed E-state index contributed by atoms with van der Waals surface area (Å²) in [6.45, 7) is 3.52. The fourth-order valence-corrected chi connectivity index (χ4v) is 3.99. The lowest BCUT2D eigenvalue weighted by molar-refractivity contribution is -0.390. The van der Waals surface area contributed by atoms with Gasteiger partial charge in [0.2, 0.25) is 11.6 Å². The average molecular weight is 347 g/mol. The monoisotopic (exact) mass is 347 g/mol. The second kappa shape index (κ2) is 5.01. The molecule has 4 fully saturated rings. The molecule has 1 aromatic rings. The van der Waals surface area contributed by atoms with Crippen molar-refractivity contribution < 1.29 is 22.5 Å². The van der Waals surface area contributed by atoms with Crippen LogP contribution >= 0.6 is 0 Å². The average Bonchev–Trinajstić information content (AvgIpc) is 2.48. The van der Waals surface area contributed by atoms with E-state index in [0.29, 0.717) is 39.6 Å². The quantitative estimate of drug-likeness (QED) is 0.383. The number of nitrogens with zero attached hydrogens (tertiary/aromatic N) is 4. The predicted molar refractivity (Wildman–Crippen MR) is 74.0 cm³/mol. The van der Waals surface area contributed by atoms with Crippen molar-refractivity contribution in [3.8, 4) is 0 Å². The zero-order valence-corrected chi connectivity index (χ0v) is 12.4. The van der Waals surface area contributed by atoms with Crippen molar-refractivity contribution in [1.29, 1.82) is 0 Å². The van der Waals surface area contributed by atoms with Gasteiger partial charge in [0, 0.05) is 19.6 Å². The number of benzene rings is 1. The lowest BCUT2D eigenvalue weighted by atomic mass is 9.90. The van der Waals surface area contributed by atoms with Crippen molar-refractivity contribution in [3.05, 3.63) is 33.4 Å². The molecule has 4 aliphatic heterocycles. The van der Waals surface area contributed by atoms with E-state index in [0.717, 1.165) is 0 Å². The van der Waals surface area contributed by atoms with Gasteiger partial charge >= 0.3 is 5.69 Å². The Hall–Kier alpha value is -1.98. The smallest absolute Gasteiger partial charge is 0.346 e. The van der Waals surface area contributed by atoms with Gasteiger partial charge in [-0.25, -0.2) is 8.78 Å². The molecule has 1 aromatic carbocycles. The molecule has 1 N–H and O–H groups in total. The Morgan fingerprint density at radius 1 is 0.875 bits per heavy atom. The molecule has 0 aromatic heterocycles. The van der Waals surface area contributed by atoms with Crippen LogP contribution in [0.4, 0.5) is 28.9 Å². The van der Waals surface area contributed by atoms with Crippen LogP contribution in [0.1, 0.15) is 0 Å². The summed E-state index contributed by atoms with van der Waals surface area (Å²) in [5, 5.41) is 13.2. The third-order valence-corrected chi connectivity index (χ3v) is 4.59. The first-order chi connectivity index (χ1) is 11.3. The Balaban J connectivity index is 1.74. The first-order valence-corrected chi connectivity index (χ1v) is 7.25. The Morgan fingerprint density at radius 3 is 1.67 bits per heavy atom. The zero-order chi connectivity index (χ0) is 17.2. The summed E-state index contributed by atoms with van der Waals surface area (Å²) in [6, 6.07) is 0. The normalized spacial score (nSPS) is 33.8. The van der Waals surface area contributed by atoms with Gasteiger partial charge in [-0.15, -0.1) is 0 Å². The van der Waals surface area contributed by atoms with Crippen molar-refractivity contribution in [2.45, 2.75) is 5.54 Å². The van der Waals surface area contributed by atoms with Gasteiger partial charge in [-0.05, 0) is 0 Å². The Labute approximate surface area is 133 Å². The summed E-state index contributed by atoms with van der Waals surface area (Å²) in [5.74, 6) is -7.58. The van der Waals surface area contributed by atoms with Crippen LogP contribution in [0.25, 0.3) is 0 Å². The van der Waals surface area contributed by atoms with Gasteiger partial charge in [0.25, 0.3) is 0 Å². The van der Waals surface area contributed by atoms with E-state index in [4.69, 9.17) is 0 Å². The maximum atomic E-state index is 14.2. The number of hydrogen-bond donors (Lipinski definition) is 1. The number of anilines is 1. The molecule has 5 rings (SSSR count). The van der Waals surface area contributed by atoms with Gasteiger partial charge in [-0.3, -0.25) is 24.8 Å². The molecule has 0 radical (unpaired) electrons. The third kappa shape index (κ3) is 2.15. The van der Waals surface area contributed by atoms with E-state index in [9.17, 15) is 27.7 Å². The molecule has 4 aliphatic rings. The van der Waals surface area contributed by atoms with Crippen LogP contribution in [0, 0.1) is 33.4 Å². The minimum absolute atomic E-state index is 0.457. The molecule has 0 saturated carbocycles. The van der Waals surface area contributed by atoms with E-state index in [-0.39, 0.29) is 0 Å². The summed E-state index contributed by atoms with van der Waals surface area (Å²) in [7, 11) is 0. The minimum atomic E-state index is -2.01. The molecule has 130 valence electrons. The number of hydrogen-bond acceptors (Lipinski definition) is 6. The molecule has 0 aliphatic carbocycles. The molecule has 0 spiro atoms. The summed E-state index contributed by atoms with van der Waals surface area (Å²) in [4.78, 5) is 15.3. The van der Waals surface area contributed by atoms with Gasteiger partial charge in [-0.1, -0.05) is 0 Å². The second-order valence-electron chi connectivity index (χ2n) is 6.55. The van der Waals surface area contributed by atoms with Crippen molar-refractivity contribution in [3.63, 3.8) is 0 Å². The molecule has 0 atom stereocenters. The van der Waals surface area contributed by atoms with Crippen LogP contribution in [0.2, 0.25) is 0 Å². The number of rotatable bonds is 3. The lowest BCUT2D eigenvalue weighted by Gasteiger charge is -2.60. The molecule has 11 heteroatoms. The fraction of sp³-hybridized carbons (Fsp3) is 0.538. The Morgan fingerprint density at radius 2 is 1.29 bits per heavy atom. The van der Waals surface area contributed by atoms with E-state index in [1.54, 1.807) is 0 Å². The highest BCUT2D eigenvalue weighted by Gasteiger charge is 2.49. The van der Waals surface area contributed by atoms with Crippen LogP contribution in [0.5, 0.6) is 0 Å². The first kappa shape index (κ1) is 15.5. The van der Waals surface area contributed by atoms with Crippen molar-refractivity contribution >= 4 is 11.4 Å². The van der Waals surface area contributed by atoms with Crippen molar-refractivity contribution in [2.75, 3.05) is 45.0 Å². The maximum Gasteiger partial charge on any atom is 0.346 e. The number of nitrogens with one attached hydrogen (secondary N) is 1. The van der Waals surface area contributed by atoms with E-state index < -0.39 is 45.1 Å². The molecule has 0 amide bonds. The molecule has 4 bridgehead atoms. The summed E-state index contributed by atoms with van der Waals surface area (Å²) in [5.41, 5.74) is -3.62. The summed E-state index contributed by atoms with van der Waals surface area (Å²) < 4.78 is 56.0. The van der Waals surface area contributed by atoms with Crippen molar-refractivity contribution in [2.24, 2.45) is 0 Å².